The maximum absolute atomic E-state index is 12.4. The molecule has 148 valence electrons. The third-order valence-electron chi connectivity index (χ3n) is 4.97. The number of hydrogen-bond donors (Lipinski definition) is 1. The quantitative estimate of drug-likeness (QED) is 0.698. The molecule has 1 aliphatic rings. The molecule has 0 radical (unpaired) electrons. The number of aryl methyl sites for hydroxylation is 1. The minimum Gasteiger partial charge on any atom is -0.378 e. The highest BCUT2D eigenvalue weighted by atomic mass is 16.5. The number of benzene rings is 1. The van der Waals surface area contributed by atoms with Crippen molar-refractivity contribution in [1.29, 1.82) is 0 Å². The summed E-state index contributed by atoms with van der Waals surface area (Å²) in [4.78, 5) is 27.8. The van der Waals surface area contributed by atoms with Gasteiger partial charge in [-0.25, -0.2) is 4.98 Å². The molecule has 1 saturated heterocycles. The van der Waals surface area contributed by atoms with E-state index in [-0.39, 0.29) is 12.0 Å². The molecule has 4 rings (SSSR count). The zero-order valence-corrected chi connectivity index (χ0v) is 16.5. The molecular weight excluding hydrogens is 366 g/mol. The third-order valence-corrected chi connectivity index (χ3v) is 4.97. The van der Waals surface area contributed by atoms with Gasteiger partial charge in [0.2, 0.25) is 0 Å². The smallest absolute Gasteiger partial charge is 0.251 e. The van der Waals surface area contributed by atoms with Crippen molar-refractivity contribution in [3.8, 4) is 11.3 Å². The van der Waals surface area contributed by atoms with Gasteiger partial charge in [-0.05, 0) is 36.8 Å². The SMILES string of the molecule is COC1CN(c2cncc(-c3ccc(C(=O)NCc4cc(C)ccn4)cc3)n2)C1. The Morgan fingerprint density at radius 2 is 2.00 bits per heavy atom. The van der Waals surface area contributed by atoms with E-state index in [2.05, 4.69) is 20.2 Å². The molecule has 1 aliphatic heterocycles. The first-order chi connectivity index (χ1) is 14.1. The van der Waals surface area contributed by atoms with Gasteiger partial charge in [0.1, 0.15) is 5.82 Å². The topological polar surface area (TPSA) is 80.2 Å². The Morgan fingerprint density at radius 3 is 2.72 bits per heavy atom. The van der Waals surface area contributed by atoms with Crippen molar-refractivity contribution in [2.75, 3.05) is 25.1 Å². The molecule has 0 bridgehead atoms. The monoisotopic (exact) mass is 389 g/mol. The second kappa shape index (κ2) is 8.36. The highest BCUT2D eigenvalue weighted by Gasteiger charge is 2.27. The summed E-state index contributed by atoms with van der Waals surface area (Å²) >= 11 is 0. The Balaban J connectivity index is 1.40. The average molecular weight is 389 g/mol. The van der Waals surface area contributed by atoms with Gasteiger partial charge in [0.25, 0.3) is 5.91 Å². The highest BCUT2D eigenvalue weighted by Crippen LogP contribution is 2.23. The van der Waals surface area contributed by atoms with Gasteiger partial charge in [0.15, 0.2) is 0 Å². The van der Waals surface area contributed by atoms with E-state index in [1.165, 1.54) is 0 Å². The van der Waals surface area contributed by atoms with Gasteiger partial charge < -0.3 is 15.0 Å². The molecule has 1 amide bonds. The second-order valence-corrected chi connectivity index (χ2v) is 7.11. The number of hydrogen-bond acceptors (Lipinski definition) is 6. The first-order valence-corrected chi connectivity index (χ1v) is 9.52. The van der Waals surface area contributed by atoms with Crippen LogP contribution in [0.4, 0.5) is 5.82 Å². The molecule has 1 fully saturated rings. The largest absolute Gasteiger partial charge is 0.378 e. The number of ether oxygens (including phenoxy) is 1. The lowest BCUT2D eigenvalue weighted by atomic mass is 10.1. The highest BCUT2D eigenvalue weighted by molar-refractivity contribution is 5.94. The van der Waals surface area contributed by atoms with Crippen LogP contribution in [0.15, 0.2) is 55.0 Å². The minimum absolute atomic E-state index is 0.133. The van der Waals surface area contributed by atoms with Crippen LogP contribution in [-0.4, -0.2) is 47.2 Å². The van der Waals surface area contributed by atoms with Crippen LogP contribution in [0.2, 0.25) is 0 Å². The van der Waals surface area contributed by atoms with Crippen LogP contribution in [0.5, 0.6) is 0 Å². The van der Waals surface area contributed by atoms with Crippen molar-refractivity contribution < 1.29 is 9.53 Å². The van der Waals surface area contributed by atoms with Crippen molar-refractivity contribution in [3.05, 3.63) is 71.8 Å². The lowest BCUT2D eigenvalue weighted by molar-refractivity contribution is 0.0783. The van der Waals surface area contributed by atoms with E-state index < -0.39 is 0 Å². The number of carbonyl (C=O) groups is 1. The maximum Gasteiger partial charge on any atom is 0.251 e. The Labute approximate surface area is 169 Å². The Bertz CT molecular complexity index is 1000. The molecule has 3 heterocycles. The predicted molar refractivity (Wildman–Crippen MR) is 111 cm³/mol. The van der Waals surface area contributed by atoms with Crippen molar-refractivity contribution in [3.63, 3.8) is 0 Å². The molecule has 3 aromatic rings. The van der Waals surface area contributed by atoms with Gasteiger partial charge >= 0.3 is 0 Å². The van der Waals surface area contributed by atoms with Gasteiger partial charge in [-0.1, -0.05) is 12.1 Å². The van der Waals surface area contributed by atoms with Crippen molar-refractivity contribution in [2.24, 2.45) is 0 Å². The Morgan fingerprint density at radius 1 is 1.21 bits per heavy atom. The number of anilines is 1. The summed E-state index contributed by atoms with van der Waals surface area (Å²) < 4.78 is 5.31. The molecule has 7 heteroatoms. The number of methoxy groups -OCH3 is 1. The summed E-state index contributed by atoms with van der Waals surface area (Å²) in [7, 11) is 1.72. The molecule has 7 nitrogen and oxygen atoms in total. The van der Waals surface area contributed by atoms with E-state index in [1.807, 2.05) is 31.2 Å². The fourth-order valence-corrected chi connectivity index (χ4v) is 3.18. The number of carbonyl (C=O) groups excluding carboxylic acids is 1. The van der Waals surface area contributed by atoms with Crippen LogP contribution in [0.3, 0.4) is 0 Å². The van der Waals surface area contributed by atoms with E-state index >= 15 is 0 Å². The number of aromatic nitrogens is 3. The van der Waals surface area contributed by atoms with Crippen LogP contribution in [-0.2, 0) is 11.3 Å². The zero-order chi connectivity index (χ0) is 20.2. The molecule has 0 aliphatic carbocycles. The zero-order valence-electron chi connectivity index (χ0n) is 16.5. The lowest BCUT2D eigenvalue weighted by Gasteiger charge is -2.38. The number of nitrogens with one attached hydrogen (secondary N) is 1. The fraction of sp³-hybridized carbons (Fsp3) is 0.273. The first kappa shape index (κ1) is 19.0. The maximum atomic E-state index is 12.4. The molecule has 0 unspecified atom stereocenters. The van der Waals surface area contributed by atoms with Crippen LogP contribution < -0.4 is 10.2 Å². The molecule has 2 aromatic heterocycles. The molecule has 1 N–H and O–H groups in total. The summed E-state index contributed by atoms with van der Waals surface area (Å²) in [6.07, 6.45) is 5.50. The van der Waals surface area contributed by atoms with E-state index in [9.17, 15) is 4.79 Å². The number of pyridine rings is 1. The fourth-order valence-electron chi connectivity index (χ4n) is 3.18. The van der Waals surface area contributed by atoms with E-state index in [0.29, 0.717) is 12.1 Å². The van der Waals surface area contributed by atoms with Crippen LogP contribution >= 0.6 is 0 Å². The lowest BCUT2D eigenvalue weighted by Crippen LogP contribution is -2.52. The van der Waals surface area contributed by atoms with Crippen molar-refractivity contribution in [1.82, 2.24) is 20.3 Å². The molecule has 1 aromatic carbocycles. The molecule has 29 heavy (non-hydrogen) atoms. The Hall–Kier alpha value is -3.32. The van der Waals surface area contributed by atoms with Crippen LogP contribution in [0.25, 0.3) is 11.3 Å². The van der Waals surface area contributed by atoms with Crippen molar-refractivity contribution in [2.45, 2.75) is 19.6 Å². The summed E-state index contributed by atoms with van der Waals surface area (Å²) in [6.45, 7) is 4.04. The second-order valence-electron chi connectivity index (χ2n) is 7.11. The molecule has 0 atom stereocenters. The predicted octanol–water partition coefficient (Wildman–Crippen LogP) is 2.61. The van der Waals surface area contributed by atoms with E-state index in [1.54, 1.807) is 37.8 Å². The van der Waals surface area contributed by atoms with Crippen LogP contribution in [0.1, 0.15) is 21.6 Å². The molecule has 0 saturated carbocycles. The number of nitrogens with zero attached hydrogens (tertiary/aromatic N) is 4. The van der Waals surface area contributed by atoms with Gasteiger partial charge in [0, 0.05) is 37.5 Å². The normalized spacial score (nSPS) is 13.8. The summed E-state index contributed by atoms with van der Waals surface area (Å²) in [5.41, 5.74) is 4.24. The number of rotatable bonds is 6. The van der Waals surface area contributed by atoms with E-state index in [0.717, 1.165) is 41.4 Å². The molecule has 0 spiro atoms. The van der Waals surface area contributed by atoms with Gasteiger partial charge in [-0.15, -0.1) is 0 Å². The molecular formula is C22H23N5O2. The van der Waals surface area contributed by atoms with Gasteiger partial charge in [-0.3, -0.25) is 14.8 Å². The number of amides is 1. The average Bonchev–Trinajstić information content (AvgIpc) is 2.72. The summed E-state index contributed by atoms with van der Waals surface area (Å²) in [6, 6.07) is 11.3. The first-order valence-electron chi connectivity index (χ1n) is 9.52. The van der Waals surface area contributed by atoms with Gasteiger partial charge in [-0.2, -0.15) is 0 Å². The van der Waals surface area contributed by atoms with E-state index in [4.69, 9.17) is 9.72 Å². The summed E-state index contributed by atoms with van der Waals surface area (Å²) in [5.74, 6) is 0.703. The Kier molecular flexibility index (Phi) is 5.48. The van der Waals surface area contributed by atoms with Gasteiger partial charge in [0.05, 0.1) is 36.4 Å². The standard InChI is InChI=1S/C22H23N5O2/c1-15-7-8-24-18(9-15)10-25-22(28)17-5-3-16(4-6-17)20-11-23-12-21(26-20)27-13-19(14-27)29-2/h3-9,11-12,19H,10,13-14H2,1-2H3,(H,25,28). The summed E-state index contributed by atoms with van der Waals surface area (Å²) in [5, 5.41) is 2.90. The minimum atomic E-state index is -0.133. The van der Waals surface area contributed by atoms with Crippen LogP contribution in [0, 0.1) is 6.92 Å². The third kappa shape index (κ3) is 4.41. The van der Waals surface area contributed by atoms with Crippen molar-refractivity contribution >= 4 is 11.7 Å².